The number of fused-ring (bicyclic) bond motifs is 1. The second kappa shape index (κ2) is 13.2. The molecule has 0 aliphatic carbocycles. The van der Waals surface area contributed by atoms with Crippen molar-refractivity contribution in [3.05, 3.63) is 48.3 Å². The van der Waals surface area contributed by atoms with Gasteiger partial charge in [0, 0.05) is 36.3 Å². The maximum Gasteiger partial charge on any atom is 0.252 e. The van der Waals surface area contributed by atoms with Crippen molar-refractivity contribution in [2.24, 2.45) is 0 Å². The van der Waals surface area contributed by atoms with Crippen LogP contribution in [0.2, 0.25) is 0 Å². The van der Waals surface area contributed by atoms with E-state index in [1.54, 1.807) is 0 Å². The van der Waals surface area contributed by atoms with Crippen molar-refractivity contribution in [2.45, 2.75) is 78.8 Å². The second-order valence-corrected chi connectivity index (χ2v) is 9.25. The number of nitrogens with zero attached hydrogens (tertiary/aromatic N) is 4. The van der Waals surface area contributed by atoms with E-state index >= 15 is 0 Å². The van der Waals surface area contributed by atoms with Crippen LogP contribution in [0, 0.1) is 0 Å². The van der Waals surface area contributed by atoms with Gasteiger partial charge in [-0.3, -0.25) is 9.48 Å². The van der Waals surface area contributed by atoms with Gasteiger partial charge in [-0.15, -0.1) is 0 Å². The van der Waals surface area contributed by atoms with Gasteiger partial charge in [0.1, 0.15) is 0 Å². The number of aryl methyl sites for hydroxylation is 1. The molecule has 184 valence electrons. The Kier molecular flexibility index (Phi) is 10.1. The number of aromatic nitrogens is 3. The average Bonchev–Trinajstić information content (AvgIpc) is 3.33. The predicted molar refractivity (Wildman–Crippen MR) is 141 cm³/mol. The number of nitrogens with one attached hydrogen (secondary N) is 1. The van der Waals surface area contributed by atoms with Crippen LogP contribution in [0.3, 0.4) is 0 Å². The topological polar surface area (TPSA) is 63.1 Å². The molecule has 6 nitrogen and oxygen atoms in total. The molecule has 0 bridgehead atoms. The molecule has 2 aromatic heterocycles. The Balaban J connectivity index is 1.76. The van der Waals surface area contributed by atoms with Crippen LogP contribution < -0.4 is 5.32 Å². The minimum Gasteiger partial charge on any atom is -0.348 e. The molecular formula is C28H41N5O. The van der Waals surface area contributed by atoms with Crippen LogP contribution in [0.4, 0.5) is 0 Å². The molecule has 0 saturated heterocycles. The van der Waals surface area contributed by atoms with Gasteiger partial charge >= 0.3 is 0 Å². The maximum absolute atomic E-state index is 13.4. The van der Waals surface area contributed by atoms with Crippen LogP contribution in [0.25, 0.3) is 22.2 Å². The predicted octanol–water partition coefficient (Wildman–Crippen LogP) is 5.92. The van der Waals surface area contributed by atoms with E-state index in [0.717, 1.165) is 48.3 Å². The number of unbranched alkanes of at least 4 members (excludes halogenated alkanes) is 4. The Labute approximate surface area is 204 Å². The summed E-state index contributed by atoms with van der Waals surface area (Å²) in [6.07, 6.45) is 11.2. The summed E-state index contributed by atoms with van der Waals surface area (Å²) in [5.74, 6) is -0.0442. The molecule has 0 radical (unpaired) electrons. The first-order valence-electron chi connectivity index (χ1n) is 13.0. The molecule has 0 aliphatic heterocycles. The van der Waals surface area contributed by atoms with E-state index in [2.05, 4.69) is 43.0 Å². The molecule has 1 atom stereocenters. The molecule has 0 saturated carbocycles. The molecule has 6 heteroatoms. The van der Waals surface area contributed by atoms with Crippen molar-refractivity contribution in [3.63, 3.8) is 0 Å². The van der Waals surface area contributed by atoms with Crippen LogP contribution >= 0.6 is 0 Å². The number of benzene rings is 1. The van der Waals surface area contributed by atoms with Gasteiger partial charge in [0.25, 0.3) is 5.91 Å². The molecule has 1 N–H and O–H groups in total. The third kappa shape index (κ3) is 7.13. The van der Waals surface area contributed by atoms with Crippen molar-refractivity contribution in [1.29, 1.82) is 0 Å². The Morgan fingerprint density at radius 2 is 1.76 bits per heavy atom. The lowest BCUT2D eigenvalue weighted by Crippen LogP contribution is -2.42. The lowest BCUT2D eigenvalue weighted by molar-refractivity contribution is 0.0930. The largest absolute Gasteiger partial charge is 0.348 e. The average molecular weight is 464 g/mol. The molecule has 1 aromatic carbocycles. The molecule has 3 aromatic rings. The monoisotopic (exact) mass is 463 g/mol. The third-order valence-electron chi connectivity index (χ3n) is 6.28. The number of rotatable bonds is 14. The van der Waals surface area contributed by atoms with Gasteiger partial charge in [-0.05, 0) is 51.9 Å². The lowest BCUT2D eigenvalue weighted by atomic mass is 10.0. The van der Waals surface area contributed by atoms with Crippen LogP contribution in [0.15, 0.2) is 42.7 Å². The van der Waals surface area contributed by atoms with E-state index < -0.39 is 0 Å². The summed E-state index contributed by atoms with van der Waals surface area (Å²) in [5, 5.41) is 8.52. The number of pyridine rings is 1. The highest BCUT2D eigenvalue weighted by Crippen LogP contribution is 2.25. The molecule has 0 aliphatic rings. The number of hydrogen-bond donors (Lipinski definition) is 1. The van der Waals surface area contributed by atoms with Gasteiger partial charge in [0.15, 0.2) is 0 Å². The molecule has 3 rings (SSSR count). The quantitative estimate of drug-likeness (QED) is 0.302. The number of amides is 1. The van der Waals surface area contributed by atoms with E-state index in [1.807, 2.05) is 47.4 Å². The highest BCUT2D eigenvalue weighted by molar-refractivity contribution is 6.07. The third-order valence-corrected chi connectivity index (χ3v) is 6.28. The Morgan fingerprint density at radius 3 is 2.41 bits per heavy atom. The molecule has 34 heavy (non-hydrogen) atoms. The van der Waals surface area contributed by atoms with Crippen molar-refractivity contribution in [1.82, 2.24) is 25.0 Å². The van der Waals surface area contributed by atoms with Crippen molar-refractivity contribution in [2.75, 3.05) is 19.6 Å². The number of carbonyl (C=O) groups is 1. The highest BCUT2D eigenvalue weighted by atomic mass is 16.1. The van der Waals surface area contributed by atoms with Crippen LogP contribution in [-0.2, 0) is 6.54 Å². The van der Waals surface area contributed by atoms with Gasteiger partial charge in [0.05, 0.1) is 23.0 Å². The highest BCUT2D eigenvalue weighted by Gasteiger charge is 2.18. The van der Waals surface area contributed by atoms with E-state index in [4.69, 9.17) is 4.98 Å². The number of para-hydroxylation sites is 1. The first-order valence-corrected chi connectivity index (χ1v) is 13.0. The minimum atomic E-state index is -0.0442. The summed E-state index contributed by atoms with van der Waals surface area (Å²) in [7, 11) is 0. The summed E-state index contributed by atoms with van der Waals surface area (Å²) in [5.41, 5.74) is 3.19. The fourth-order valence-corrected chi connectivity index (χ4v) is 4.38. The fourth-order valence-electron chi connectivity index (χ4n) is 4.38. The first-order chi connectivity index (χ1) is 16.5. The molecule has 1 amide bonds. The second-order valence-electron chi connectivity index (χ2n) is 9.25. The fraction of sp³-hybridized carbons (Fsp3) is 0.536. The molecule has 0 fully saturated rings. The lowest BCUT2D eigenvalue weighted by Gasteiger charge is -2.26. The first kappa shape index (κ1) is 25.9. The van der Waals surface area contributed by atoms with Crippen molar-refractivity contribution < 1.29 is 4.79 Å². The summed E-state index contributed by atoms with van der Waals surface area (Å²) < 4.78 is 1.87. The van der Waals surface area contributed by atoms with Crippen LogP contribution in [0.1, 0.15) is 76.6 Å². The van der Waals surface area contributed by atoms with E-state index in [0.29, 0.717) is 5.56 Å². The van der Waals surface area contributed by atoms with Crippen LogP contribution in [0.5, 0.6) is 0 Å². The van der Waals surface area contributed by atoms with Gasteiger partial charge < -0.3 is 10.2 Å². The van der Waals surface area contributed by atoms with E-state index in [9.17, 15) is 4.79 Å². The summed E-state index contributed by atoms with van der Waals surface area (Å²) in [4.78, 5) is 20.8. The zero-order valence-corrected chi connectivity index (χ0v) is 21.4. The van der Waals surface area contributed by atoms with Gasteiger partial charge in [-0.2, -0.15) is 5.10 Å². The zero-order chi connectivity index (χ0) is 24.3. The van der Waals surface area contributed by atoms with Crippen LogP contribution in [-0.4, -0.2) is 51.2 Å². The Bertz CT molecular complexity index is 1030. The summed E-state index contributed by atoms with van der Waals surface area (Å²) in [6.45, 7) is 12.5. The minimum absolute atomic E-state index is 0.0442. The summed E-state index contributed by atoms with van der Waals surface area (Å²) in [6, 6.07) is 9.83. The van der Waals surface area contributed by atoms with E-state index in [1.165, 1.54) is 38.5 Å². The number of hydrogen-bond acceptors (Lipinski definition) is 4. The maximum atomic E-state index is 13.4. The smallest absolute Gasteiger partial charge is 0.252 e. The Hall–Kier alpha value is -2.73. The zero-order valence-electron chi connectivity index (χ0n) is 21.4. The summed E-state index contributed by atoms with van der Waals surface area (Å²) >= 11 is 0. The normalized spacial score (nSPS) is 12.4. The number of carbonyl (C=O) groups excluding carboxylic acids is 1. The molecule has 1 unspecified atom stereocenters. The van der Waals surface area contributed by atoms with Gasteiger partial charge in [-0.1, -0.05) is 57.7 Å². The Morgan fingerprint density at radius 1 is 1.06 bits per heavy atom. The van der Waals surface area contributed by atoms with Crippen molar-refractivity contribution >= 4 is 16.8 Å². The molecule has 0 spiro atoms. The van der Waals surface area contributed by atoms with Gasteiger partial charge in [-0.25, -0.2) is 4.98 Å². The SMILES string of the molecule is CCCCCN(CCCCC)CC(C)NC(=O)c1cc(-c2cnn(CC)c2)nc2ccccc12. The molecule has 2 heterocycles. The standard InChI is InChI=1S/C28H41N5O/c1-5-8-12-16-32(17-13-9-6-2)20-22(4)30-28(34)25-18-27(23-19-29-33(7-3)21-23)31-26-15-11-10-14-24(25)26/h10-11,14-15,18-19,21-22H,5-9,12-13,16-17,20H2,1-4H3,(H,30,34). The molecular weight excluding hydrogens is 422 g/mol. The van der Waals surface area contributed by atoms with Gasteiger partial charge in [0.2, 0.25) is 0 Å². The van der Waals surface area contributed by atoms with Crippen molar-refractivity contribution in [3.8, 4) is 11.3 Å². The van der Waals surface area contributed by atoms with E-state index in [-0.39, 0.29) is 11.9 Å².